The number of ether oxygens (including phenoxy) is 1. The maximum Gasteiger partial charge on any atom is 0.322 e. The Kier molecular flexibility index (Phi) is 8.25. The number of carbonyl (C=O) groups excluding carboxylic acids is 2. The number of anilines is 1. The monoisotopic (exact) mass is 509 g/mol. The van der Waals surface area contributed by atoms with Crippen LogP contribution in [0.5, 0.6) is 5.75 Å². The molecule has 0 aliphatic carbocycles. The molecule has 0 radical (unpaired) electrons. The molecule has 2 aromatic carbocycles. The van der Waals surface area contributed by atoms with Crippen LogP contribution in [-0.2, 0) is 11.2 Å². The van der Waals surface area contributed by atoms with Crippen LogP contribution in [0.4, 0.5) is 14.9 Å². The largest absolute Gasteiger partial charge is 0.491 e. The second-order valence-electron chi connectivity index (χ2n) is 9.49. The molecule has 4 rings (SSSR count). The van der Waals surface area contributed by atoms with Crippen molar-refractivity contribution in [3.63, 3.8) is 0 Å². The Labute approximate surface area is 215 Å². The number of carbonyl (C=O) groups is 2. The van der Waals surface area contributed by atoms with E-state index in [-0.39, 0.29) is 42.9 Å². The number of thiophene rings is 1. The van der Waals surface area contributed by atoms with Crippen LogP contribution in [0.25, 0.3) is 0 Å². The number of benzene rings is 2. The average Bonchev–Trinajstić information content (AvgIpc) is 3.32. The molecule has 1 aromatic heterocycles. The third-order valence-electron chi connectivity index (χ3n) is 6.12. The molecule has 0 saturated carbocycles. The summed E-state index contributed by atoms with van der Waals surface area (Å²) in [7, 11) is 0. The molecular weight excluding hydrogens is 477 g/mol. The first-order valence-corrected chi connectivity index (χ1v) is 13.0. The molecule has 36 heavy (non-hydrogen) atoms. The van der Waals surface area contributed by atoms with E-state index in [1.807, 2.05) is 56.5 Å². The van der Waals surface area contributed by atoms with Crippen LogP contribution in [-0.4, -0.2) is 48.0 Å². The zero-order valence-electron chi connectivity index (χ0n) is 20.9. The van der Waals surface area contributed by atoms with Gasteiger partial charge in [0.1, 0.15) is 24.7 Å². The molecule has 190 valence electrons. The first kappa shape index (κ1) is 25.7. The number of urea groups is 1. The maximum atomic E-state index is 13.6. The summed E-state index contributed by atoms with van der Waals surface area (Å²) < 4.78 is 19.6. The van der Waals surface area contributed by atoms with Crippen LogP contribution in [0.3, 0.4) is 0 Å². The van der Waals surface area contributed by atoms with E-state index in [0.717, 1.165) is 17.5 Å². The number of nitrogens with zero attached hydrogens (tertiary/aromatic N) is 2. The van der Waals surface area contributed by atoms with Crippen molar-refractivity contribution in [2.24, 2.45) is 5.92 Å². The van der Waals surface area contributed by atoms with Gasteiger partial charge in [0.15, 0.2) is 0 Å². The summed E-state index contributed by atoms with van der Waals surface area (Å²) >= 11 is 1.67. The van der Waals surface area contributed by atoms with Gasteiger partial charge in [-0.25, -0.2) is 9.18 Å². The average molecular weight is 510 g/mol. The number of fused-ring (bicyclic) bond motifs is 1. The summed E-state index contributed by atoms with van der Waals surface area (Å²) in [5.74, 6) is 0.103. The Morgan fingerprint density at radius 2 is 1.97 bits per heavy atom. The summed E-state index contributed by atoms with van der Waals surface area (Å²) in [6, 6.07) is 15.0. The van der Waals surface area contributed by atoms with Crippen molar-refractivity contribution >= 4 is 29.0 Å². The molecule has 0 spiro atoms. The molecule has 0 bridgehead atoms. The van der Waals surface area contributed by atoms with E-state index in [1.165, 1.54) is 17.0 Å². The van der Waals surface area contributed by atoms with Crippen LogP contribution in [0.1, 0.15) is 35.9 Å². The highest BCUT2D eigenvalue weighted by atomic mass is 32.1. The summed E-state index contributed by atoms with van der Waals surface area (Å²) in [5, 5.41) is 4.94. The highest BCUT2D eigenvalue weighted by Gasteiger charge is 2.33. The molecule has 3 aromatic rings. The number of halogens is 1. The van der Waals surface area contributed by atoms with Gasteiger partial charge in [0, 0.05) is 29.7 Å². The zero-order chi connectivity index (χ0) is 25.7. The number of aryl methyl sites for hydroxylation is 1. The van der Waals surface area contributed by atoms with Gasteiger partial charge in [-0.05, 0) is 60.5 Å². The van der Waals surface area contributed by atoms with Gasteiger partial charge in [-0.3, -0.25) is 4.79 Å². The fourth-order valence-electron chi connectivity index (χ4n) is 4.36. The second kappa shape index (κ2) is 11.6. The van der Waals surface area contributed by atoms with Gasteiger partial charge in [0.25, 0.3) is 0 Å². The molecular formula is C28H32FN3O3S. The van der Waals surface area contributed by atoms with Gasteiger partial charge >= 0.3 is 6.03 Å². The van der Waals surface area contributed by atoms with Gasteiger partial charge in [0.05, 0.1) is 6.04 Å². The third-order valence-corrected chi connectivity index (χ3v) is 7.12. The van der Waals surface area contributed by atoms with E-state index in [2.05, 4.69) is 5.32 Å². The molecule has 1 aliphatic heterocycles. The van der Waals surface area contributed by atoms with Crippen LogP contribution in [0.15, 0.2) is 60.0 Å². The minimum absolute atomic E-state index is 0.0359. The minimum atomic E-state index is -0.371. The Morgan fingerprint density at radius 1 is 1.19 bits per heavy atom. The fraction of sp³-hybridized carbons (Fsp3) is 0.357. The Bertz CT molecular complexity index is 1190. The maximum absolute atomic E-state index is 13.6. The van der Waals surface area contributed by atoms with E-state index < -0.39 is 0 Å². The SMILES string of the molecule is Cc1ccc(NC(=O)N(CC(=O)N2CCc3sccc3[C@@H]2COc2cccc(F)c2)CC(C)C)cc1. The molecule has 0 unspecified atom stereocenters. The third kappa shape index (κ3) is 6.43. The predicted octanol–water partition coefficient (Wildman–Crippen LogP) is 5.89. The van der Waals surface area contributed by atoms with Crippen LogP contribution in [0, 0.1) is 18.7 Å². The van der Waals surface area contributed by atoms with Crippen LogP contribution >= 0.6 is 11.3 Å². The van der Waals surface area contributed by atoms with Crippen LogP contribution < -0.4 is 10.1 Å². The number of hydrogen-bond acceptors (Lipinski definition) is 4. The van der Waals surface area contributed by atoms with Gasteiger partial charge in [-0.2, -0.15) is 0 Å². The summed E-state index contributed by atoms with van der Waals surface area (Å²) in [6.07, 6.45) is 0.759. The zero-order valence-corrected chi connectivity index (χ0v) is 21.7. The topological polar surface area (TPSA) is 61.9 Å². The fourth-order valence-corrected chi connectivity index (χ4v) is 5.29. The number of hydrogen-bond donors (Lipinski definition) is 1. The molecule has 3 amide bonds. The van der Waals surface area contributed by atoms with Gasteiger partial charge in [0.2, 0.25) is 5.91 Å². The molecule has 2 heterocycles. The lowest BCUT2D eigenvalue weighted by molar-refractivity contribution is -0.135. The molecule has 1 aliphatic rings. The van der Waals surface area contributed by atoms with Crippen molar-refractivity contribution in [3.05, 3.63) is 81.8 Å². The van der Waals surface area contributed by atoms with Crippen molar-refractivity contribution in [2.45, 2.75) is 33.2 Å². The Balaban J connectivity index is 1.49. The first-order valence-electron chi connectivity index (χ1n) is 12.2. The van der Waals surface area contributed by atoms with E-state index in [0.29, 0.717) is 24.5 Å². The minimum Gasteiger partial charge on any atom is -0.491 e. The van der Waals surface area contributed by atoms with Gasteiger partial charge < -0.3 is 19.9 Å². The molecule has 6 nitrogen and oxygen atoms in total. The summed E-state index contributed by atoms with van der Waals surface area (Å²) in [5.41, 5.74) is 2.84. The van der Waals surface area contributed by atoms with Crippen molar-refractivity contribution in [1.29, 1.82) is 0 Å². The molecule has 1 N–H and O–H groups in total. The van der Waals surface area contributed by atoms with Gasteiger partial charge in [-0.15, -0.1) is 11.3 Å². The quantitative estimate of drug-likeness (QED) is 0.412. The van der Waals surface area contributed by atoms with E-state index in [1.54, 1.807) is 33.3 Å². The smallest absolute Gasteiger partial charge is 0.322 e. The normalized spacial score (nSPS) is 14.9. The van der Waals surface area contributed by atoms with Crippen molar-refractivity contribution in [2.75, 3.05) is 31.6 Å². The Hall–Kier alpha value is -3.39. The standard InChI is InChI=1S/C28H32FN3O3S/c1-19(2)16-31(28(34)30-22-9-7-20(3)8-10-22)17-27(33)32-13-11-26-24(12-14-36-26)25(32)18-35-23-6-4-5-21(29)15-23/h4-10,12,14-15,19,25H,11,13,16-18H2,1-3H3,(H,30,34)/t25-/m0/s1. The van der Waals surface area contributed by atoms with E-state index in [4.69, 9.17) is 4.74 Å². The highest BCUT2D eigenvalue weighted by molar-refractivity contribution is 7.10. The lowest BCUT2D eigenvalue weighted by Crippen LogP contribution is -2.49. The summed E-state index contributed by atoms with van der Waals surface area (Å²) in [4.78, 5) is 31.3. The molecule has 8 heteroatoms. The number of rotatable bonds is 8. The highest BCUT2D eigenvalue weighted by Crippen LogP contribution is 2.34. The molecule has 1 atom stereocenters. The molecule has 0 saturated heterocycles. The van der Waals surface area contributed by atoms with Crippen molar-refractivity contribution < 1.29 is 18.7 Å². The van der Waals surface area contributed by atoms with E-state index >= 15 is 0 Å². The predicted molar refractivity (Wildman–Crippen MR) is 141 cm³/mol. The Morgan fingerprint density at radius 3 is 2.69 bits per heavy atom. The number of nitrogens with one attached hydrogen (secondary N) is 1. The summed E-state index contributed by atoms with van der Waals surface area (Å²) in [6.45, 7) is 7.19. The van der Waals surface area contributed by atoms with Gasteiger partial charge in [-0.1, -0.05) is 37.6 Å². The second-order valence-corrected chi connectivity index (χ2v) is 10.5. The first-order chi connectivity index (χ1) is 17.3. The lowest BCUT2D eigenvalue weighted by Gasteiger charge is -2.37. The lowest BCUT2D eigenvalue weighted by atomic mass is 10.0. The van der Waals surface area contributed by atoms with Crippen LogP contribution in [0.2, 0.25) is 0 Å². The van der Waals surface area contributed by atoms with E-state index in [9.17, 15) is 14.0 Å². The molecule has 0 fully saturated rings. The van der Waals surface area contributed by atoms with Crippen molar-refractivity contribution in [3.8, 4) is 5.75 Å². The number of amides is 3. The van der Waals surface area contributed by atoms with Crippen molar-refractivity contribution in [1.82, 2.24) is 9.80 Å².